The fourth-order valence-electron chi connectivity index (χ4n) is 3.24. The van der Waals surface area contributed by atoms with Gasteiger partial charge in [-0.25, -0.2) is 9.97 Å². The number of nitrogen functional groups attached to an aromatic ring is 1. The largest absolute Gasteiger partial charge is 0.491 e. The van der Waals surface area contributed by atoms with Crippen LogP contribution in [0.5, 0.6) is 5.75 Å². The van der Waals surface area contributed by atoms with Gasteiger partial charge in [0.25, 0.3) is 0 Å². The maximum atomic E-state index is 6.19. The molecular formula is C18H22N6O. The van der Waals surface area contributed by atoms with E-state index in [-0.39, 0.29) is 6.10 Å². The monoisotopic (exact) mass is 338 g/mol. The van der Waals surface area contributed by atoms with E-state index in [4.69, 9.17) is 10.5 Å². The van der Waals surface area contributed by atoms with Gasteiger partial charge in [-0.3, -0.25) is 9.55 Å². The molecule has 1 aliphatic rings. The van der Waals surface area contributed by atoms with Crippen molar-refractivity contribution in [2.24, 2.45) is 0 Å². The van der Waals surface area contributed by atoms with Crippen LogP contribution in [-0.2, 0) is 0 Å². The molecule has 3 heterocycles. The third kappa shape index (κ3) is 3.02. The summed E-state index contributed by atoms with van der Waals surface area (Å²) in [6.07, 6.45) is 4.66. The lowest BCUT2D eigenvalue weighted by Gasteiger charge is -2.12. The number of nitrogens with zero attached hydrogens (tertiary/aromatic N) is 4. The highest BCUT2D eigenvalue weighted by molar-refractivity contribution is 5.78. The Labute approximate surface area is 146 Å². The molecule has 130 valence electrons. The number of hydrogen-bond donors (Lipinski definition) is 2. The summed E-state index contributed by atoms with van der Waals surface area (Å²) < 4.78 is 7.68. The first-order valence-electron chi connectivity index (χ1n) is 8.59. The van der Waals surface area contributed by atoms with Crippen LogP contribution in [0.2, 0.25) is 0 Å². The molecule has 7 nitrogen and oxygen atoms in total. The summed E-state index contributed by atoms with van der Waals surface area (Å²) >= 11 is 0. The molecule has 3 N–H and O–H groups in total. The SMILES string of the molecule is CC(C)Oc1ccc2ncn(-c3cnc([C@@H]4CCNC4)c(N)n3)c2c1. The first kappa shape index (κ1) is 15.8. The summed E-state index contributed by atoms with van der Waals surface area (Å²) in [5.74, 6) is 2.30. The van der Waals surface area contributed by atoms with Crippen molar-refractivity contribution >= 4 is 16.9 Å². The Balaban J connectivity index is 1.72. The molecule has 1 saturated heterocycles. The molecule has 2 aromatic heterocycles. The summed E-state index contributed by atoms with van der Waals surface area (Å²) in [6, 6.07) is 5.84. The number of nitrogens with two attached hydrogens (primary N) is 1. The molecule has 0 bridgehead atoms. The van der Waals surface area contributed by atoms with Gasteiger partial charge in [-0.05, 0) is 38.9 Å². The molecule has 0 aliphatic carbocycles. The second-order valence-electron chi connectivity index (χ2n) is 6.62. The van der Waals surface area contributed by atoms with E-state index >= 15 is 0 Å². The number of anilines is 1. The van der Waals surface area contributed by atoms with Gasteiger partial charge in [0.05, 0.1) is 29.0 Å². The third-order valence-electron chi connectivity index (χ3n) is 4.40. The van der Waals surface area contributed by atoms with Gasteiger partial charge in [-0.2, -0.15) is 0 Å². The number of nitrogens with one attached hydrogen (secondary N) is 1. The van der Waals surface area contributed by atoms with Gasteiger partial charge < -0.3 is 15.8 Å². The smallest absolute Gasteiger partial charge is 0.159 e. The Kier molecular flexibility index (Phi) is 4.01. The van der Waals surface area contributed by atoms with Gasteiger partial charge in [0.2, 0.25) is 0 Å². The Bertz CT molecular complexity index is 898. The summed E-state index contributed by atoms with van der Waals surface area (Å²) in [7, 11) is 0. The average Bonchev–Trinajstić information content (AvgIpc) is 3.23. The van der Waals surface area contributed by atoms with Crippen molar-refractivity contribution in [3.63, 3.8) is 0 Å². The van der Waals surface area contributed by atoms with Gasteiger partial charge in [-0.1, -0.05) is 0 Å². The average molecular weight is 338 g/mol. The molecular weight excluding hydrogens is 316 g/mol. The lowest BCUT2D eigenvalue weighted by Crippen LogP contribution is -2.12. The minimum absolute atomic E-state index is 0.114. The molecule has 1 atom stereocenters. The van der Waals surface area contributed by atoms with Crippen LogP contribution in [0.15, 0.2) is 30.7 Å². The van der Waals surface area contributed by atoms with Crippen LogP contribution in [-0.4, -0.2) is 38.7 Å². The fraction of sp³-hybridized carbons (Fsp3) is 0.389. The third-order valence-corrected chi connectivity index (χ3v) is 4.40. The van der Waals surface area contributed by atoms with Crippen LogP contribution in [0.3, 0.4) is 0 Å². The minimum atomic E-state index is 0.114. The maximum absolute atomic E-state index is 6.19. The zero-order chi connectivity index (χ0) is 17.4. The van der Waals surface area contributed by atoms with E-state index in [0.29, 0.717) is 17.6 Å². The van der Waals surface area contributed by atoms with Crippen LogP contribution in [0, 0.1) is 0 Å². The molecule has 25 heavy (non-hydrogen) atoms. The molecule has 1 fully saturated rings. The van der Waals surface area contributed by atoms with Gasteiger partial charge in [0, 0.05) is 18.5 Å². The number of imidazole rings is 1. The van der Waals surface area contributed by atoms with Crippen molar-refractivity contribution in [2.45, 2.75) is 32.3 Å². The maximum Gasteiger partial charge on any atom is 0.159 e. The van der Waals surface area contributed by atoms with E-state index in [9.17, 15) is 0 Å². The molecule has 4 rings (SSSR count). The van der Waals surface area contributed by atoms with Crippen molar-refractivity contribution in [1.82, 2.24) is 24.8 Å². The van der Waals surface area contributed by atoms with Gasteiger partial charge in [0.1, 0.15) is 17.9 Å². The van der Waals surface area contributed by atoms with Gasteiger partial charge in [0.15, 0.2) is 5.82 Å². The first-order valence-corrected chi connectivity index (χ1v) is 8.59. The quantitative estimate of drug-likeness (QED) is 0.758. The Morgan fingerprint density at radius 2 is 2.20 bits per heavy atom. The zero-order valence-corrected chi connectivity index (χ0v) is 14.4. The molecule has 0 unspecified atom stereocenters. The number of benzene rings is 1. The number of aromatic nitrogens is 4. The topological polar surface area (TPSA) is 90.9 Å². The molecule has 1 aromatic carbocycles. The van der Waals surface area contributed by atoms with E-state index < -0.39 is 0 Å². The molecule has 7 heteroatoms. The second kappa shape index (κ2) is 6.33. The highest BCUT2D eigenvalue weighted by atomic mass is 16.5. The van der Waals surface area contributed by atoms with Crippen LogP contribution >= 0.6 is 0 Å². The fourth-order valence-corrected chi connectivity index (χ4v) is 3.24. The molecule has 0 amide bonds. The predicted octanol–water partition coefficient (Wildman–Crippen LogP) is 2.26. The Hall–Kier alpha value is -2.67. The van der Waals surface area contributed by atoms with Crippen LogP contribution in [0.4, 0.5) is 5.82 Å². The summed E-state index contributed by atoms with van der Waals surface area (Å²) in [5.41, 5.74) is 8.86. The first-order chi connectivity index (χ1) is 12.1. The highest BCUT2D eigenvalue weighted by Crippen LogP contribution is 2.27. The Morgan fingerprint density at radius 3 is 2.92 bits per heavy atom. The molecule has 3 aromatic rings. The van der Waals surface area contributed by atoms with E-state index in [2.05, 4.69) is 20.3 Å². The lowest BCUT2D eigenvalue weighted by atomic mass is 10.0. The van der Waals surface area contributed by atoms with Crippen LogP contribution < -0.4 is 15.8 Å². The van der Waals surface area contributed by atoms with Crippen molar-refractivity contribution in [3.05, 3.63) is 36.4 Å². The highest BCUT2D eigenvalue weighted by Gasteiger charge is 2.21. The standard InChI is InChI=1S/C18H22N6O/c1-11(2)25-13-3-4-14-15(7-13)24(10-22-14)16-9-21-17(18(19)23-16)12-5-6-20-8-12/h3-4,7,9-12,20H,5-6,8H2,1-2H3,(H2,19,23)/t12-/m1/s1. The number of hydrogen-bond acceptors (Lipinski definition) is 6. The predicted molar refractivity (Wildman–Crippen MR) is 97.1 cm³/mol. The van der Waals surface area contributed by atoms with Crippen LogP contribution in [0.25, 0.3) is 16.9 Å². The van der Waals surface area contributed by atoms with Crippen molar-refractivity contribution in [2.75, 3.05) is 18.8 Å². The normalized spacial score (nSPS) is 17.5. The Morgan fingerprint density at radius 1 is 1.32 bits per heavy atom. The van der Waals surface area contributed by atoms with Gasteiger partial charge >= 0.3 is 0 Å². The van der Waals surface area contributed by atoms with E-state index in [1.165, 1.54) is 0 Å². The van der Waals surface area contributed by atoms with E-state index in [1.54, 1.807) is 12.5 Å². The molecule has 0 spiro atoms. The molecule has 0 radical (unpaired) electrons. The zero-order valence-electron chi connectivity index (χ0n) is 14.4. The van der Waals surface area contributed by atoms with Crippen LogP contribution in [0.1, 0.15) is 31.9 Å². The molecule has 1 aliphatic heterocycles. The summed E-state index contributed by atoms with van der Waals surface area (Å²) in [6.45, 7) is 5.91. The number of ether oxygens (including phenoxy) is 1. The van der Waals surface area contributed by atoms with E-state index in [0.717, 1.165) is 42.0 Å². The number of fused-ring (bicyclic) bond motifs is 1. The van der Waals surface area contributed by atoms with Crippen molar-refractivity contribution in [1.29, 1.82) is 0 Å². The van der Waals surface area contributed by atoms with Crippen molar-refractivity contribution < 1.29 is 4.74 Å². The minimum Gasteiger partial charge on any atom is -0.491 e. The van der Waals surface area contributed by atoms with E-state index in [1.807, 2.05) is 36.6 Å². The summed E-state index contributed by atoms with van der Waals surface area (Å²) in [5, 5.41) is 3.33. The lowest BCUT2D eigenvalue weighted by molar-refractivity contribution is 0.242. The summed E-state index contributed by atoms with van der Waals surface area (Å²) in [4.78, 5) is 13.6. The van der Waals surface area contributed by atoms with Crippen molar-refractivity contribution in [3.8, 4) is 11.6 Å². The van der Waals surface area contributed by atoms with Gasteiger partial charge in [-0.15, -0.1) is 0 Å². The molecule has 0 saturated carbocycles. The second-order valence-corrected chi connectivity index (χ2v) is 6.62. The number of rotatable bonds is 4.